The molecule has 4 heterocycles. The molecule has 0 bridgehead atoms. The van der Waals surface area contributed by atoms with E-state index in [0.29, 0.717) is 5.88 Å². The van der Waals surface area contributed by atoms with Crippen molar-refractivity contribution in [1.29, 1.82) is 0 Å². The number of β-amino-alcohol motifs (C(OH)–C–C–N with tert-alkyl or cyclic N) is 1. The molecule has 1 saturated carbocycles. The zero-order chi connectivity index (χ0) is 32.5. The largest absolute Gasteiger partial charge is 0.474 e. The van der Waals surface area contributed by atoms with Crippen molar-refractivity contribution < 1.29 is 19.4 Å². The molecular weight excluding hydrogens is 602 g/mol. The molecule has 1 unspecified atom stereocenters. The number of amides is 2. The highest BCUT2D eigenvalue weighted by Gasteiger charge is 2.43. The summed E-state index contributed by atoms with van der Waals surface area (Å²) in [6.07, 6.45) is 6.32. The van der Waals surface area contributed by atoms with Crippen molar-refractivity contribution in [1.82, 2.24) is 30.0 Å². The van der Waals surface area contributed by atoms with Gasteiger partial charge in [0.1, 0.15) is 18.2 Å². The molecule has 11 nitrogen and oxygen atoms in total. The SMILES string of the molecule is Cc1ncsc1-c1ccc([C@H](C)NC(=O)[C@@H]2C[C@@H](O)CN2C(=O)C(C(C)C)n2cc(-c3ccnc(OC4CC(N)C4)c3)cn2)cc1. The molecule has 4 N–H and O–H groups in total. The van der Waals surface area contributed by atoms with E-state index in [1.165, 1.54) is 4.90 Å². The third kappa shape index (κ3) is 6.69. The number of carbonyl (C=O) groups is 2. The summed E-state index contributed by atoms with van der Waals surface area (Å²) >= 11 is 1.60. The predicted octanol–water partition coefficient (Wildman–Crippen LogP) is 4.28. The van der Waals surface area contributed by atoms with Crippen molar-refractivity contribution in [2.45, 2.75) is 83.3 Å². The number of hydrogen-bond donors (Lipinski definition) is 3. The summed E-state index contributed by atoms with van der Waals surface area (Å²) in [4.78, 5) is 39.0. The smallest absolute Gasteiger partial charge is 0.248 e. The fourth-order valence-corrected chi connectivity index (χ4v) is 7.05. The van der Waals surface area contributed by atoms with Crippen LogP contribution >= 0.6 is 11.3 Å². The summed E-state index contributed by atoms with van der Waals surface area (Å²) in [6.45, 7) is 7.89. The third-order valence-electron chi connectivity index (χ3n) is 8.90. The number of likely N-dealkylation sites (tertiary alicyclic amines) is 1. The number of aliphatic hydroxyl groups is 1. The van der Waals surface area contributed by atoms with Crippen LogP contribution in [0, 0.1) is 12.8 Å². The van der Waals surface area contributed by atoms with Gasteiger partial charge in [-0.3, -0.25) is 14.3 Å². The van der Waals surface area contributed by atoms with Crippen molar-refractivity contribution in [3.63, 3.8) is 0 Å². The Balaban J connectivity index is 1.14. The van der Waals surface area contributed by atoms with Crippen LogP contribution in [0.15, 0.2) is 60.5 Å². The number of carbonyl (C=O) groups excluding carboxylic acids is 2. The van der Waals surface area contributed by atoms with Gasteiger partial charge in [0.2, 0.25) is 17.7 Å². The summed E-state index contributed by atoms with van der Waals surface area (Å²) in [5.74, 6) is -0.141. The number of hydrogen-bond acceptors (Lipinski definition) is 9. The normalized spacial score (nSPS) is 22.4. The van der Waals surface area contributed by atoms with Crippen molar-refractivity contribution >= 4 is 23.2 Å². The monoisotopic (exact) mass is 643 g/mol. The van der Waals surface area contributed by atoms with Gasteiger partial charge in [-0.15, -0.1) is 11.3 Å². The number of nitrogens with zero attached hydrogens (tertiary/aromatic N) is 5. The second-order valence-electron chi connectivity index (χ2n) is 12.8. The van der Waals surface area contributed by atoms with Crippen LogP contribution in [0.3, 0.4) is 0 Å². The van der Waals surface area contributed by atoms with E-state index in [9.17, 15) is 14.7 Å². The molecule has 1 aliphatic heterocycles. The van der Waals surface area contributed by atoms with Crippen LogP contribution in [0.25, 0.3) is 21.6 Å². The first-order valence-electron chi connectivity index (χ1n) is 15.8. The van der Waals surface area contributed by atoms with Gasteiger partial charge < -0.3 is 25.8 Å². The summed E-state index contributed by atoms with van der Waals surface area (Å²) in [5.41, 5.74) is 12.4. The lowest BCUT2D eigenvalue weighted by atomic mass is 9.90. The van der Waals surface area contributed by atoms with Crippen LogP contribution in [0.2, 0.25) is 0 Å². The minimum absolute atomic E-state index is 0.0754. The van der Waals surface area contributed by atoms with Crippen molar-refractivity contribution in [3.05, 3.63) is 71.8 Å². The molecular formula is C34H41N7O4S. The van der Waals surface area contributed by atoms with E-state index in [1.807, 2.05) is 75.8 Å². The molecule has 3 aromatic heterocycles. The lowest BCUT2D eigenvalue weighted by molar-refractivity contribution is -0.142. The van der Waals surface area contributed by atoms with Crippen LogP contribution in [0.4, 0.5) is 0 Å². The molecule has 1 saturated heterocycles. The minimum Gasteiger partial charge on any atom is -0.474 e. The highest BCUT2D eigenvalue weighted by Crippen LogP contribution is 2.31. The van der Waals surface area contributed by atoms with Gasteiger partial charge in [0.15, 0.2) is 0 Å². The average molecular weight is 644 g/mol. The fraction of sp³-hybridized carbons (Fsp3) is 0.441. The highest BCUT2D eigenvalue weighted by atomic mass is 32.1. The zero-order valence-electron chi connectivity index (χ0n) is 26.5. The number of pyridine rings is 1. The first-order chi connectivity index (χ1) is 22.1. The summed E-state index contributed by atoms with van der Waals surface area (Å²) in [7, 11) is 0. The van der Waals surface area contributed by atoms with Gasteiger partial charge in [-0.25, -0.2) is 9.97 Å². The number of thiazole rings is 1. The number of aromatic nitrogens is 4. The highest BCUT2D eigenvalue weighted by molar-refractivity contribution is 7.13. The van der Waals surface area contributed by atoms with Crippen LogP contribution in [-0.4, -0.2) is 72.4 Å². The second-order valence-corrected chi connectivity index (χ2v) is 13.6. The average Bonchev–Trinajstić information content (AvgIpc) is 3.76. The fourth-order valence-electron chi connectivity index (χ4n) is 6.24. The van der Waals surface area contributed by atoms with E-state index >= 15 is 0 Å². The summed E-state index contributed by atoms with van der Waals surface area (Å²) in [6, 6.07) is 10.2. The van der Waals surface area contributed by atoms with E-state index in [1.54, 1.807) is 28.4 Å². The van der Waals surface area contributed by atoms with E-state index in [-0.39, 0.29) is 48.9 Å². The van der Waals surface area contributed by atoms with E-state index in [0.717, 1.165) is 45.7 Å². The molecule has 46 heavy (non-hydrogen) atoms. The van der Waals surface area contributed by atoms with Crippen molar-refractivity contribution in [2.75, 3.05) is 6.54 Å². The number of rotatable bonds is 10. The topological polar surface area (TPSA) is 148 Å². The Bertz CT molecular complexity index is 1680. The predicted molar refractivity (Wildman–Crippen MR) is 176 cm³/mol. The molecule has 0 radical (unpaired) electrons. The zero-order valence-corrected chi connectivity index (χ0v) is 27.4. The Hall–Kier alpha value is -4.13. The Morgan fingerprint density at radius 2 is 1.83 bits per heavy atom. The van der Waals surface area contributed by atoms with Gasteiger partial charge in [-0.05, 0) is 55.4 Å². The summed E-state index contributed by atoms with van der Waals surface area (Å²) < 4.78 is 7.62. The molecule has 2 amide bonds. The molecule has 242 valence electrons. The maximum atomic E-state index is 14.1. The molecule has 1 aromatic carbocycles. The third-order valence-corrected chi connectivity index (χ3v) is 9.88. The quantitative estimate of drug-likeness (QED) is 0.232. The van der Waals surface area contributed by atoms with Gasteiger partial charge in [0.25, 0.3) is 0 Å². The van der Waals surface area contributed by atoms with Gasteiger partial charge in [0, 0.05) is 43.0 Å². The van der Waals surface area contributed by atoms with Gasteiger partial charge >= 0.3 is 0 Å². The van der Waals surface area contributed by atoms with Crippen molar-refractivity contribution in [2.24, 2.45) is 11.7 Å². The van der Waals surface area contributed by atoms with Crippen molar-refractivity contribution in [3.8, 4) is 27.4 Å². The summed E-state index contributed by atoms with van der Waals surface area (Å²) in [5, 5.41) is 18.2. The Morgan fingerprint density at radius 3 is 2.50 bits per heavy atom. The lowest BCUT2D eigenvalue weighted by Crippen LogP contribution is -2.49. The number of ether oxygens (including phenoxy) is 1. The van der Waals surface area contributed by atoms with Crippen LogP contribution in [0.5, 0.6) is 5.88 Å². The first-order valence-corrected chi connectivity index (χ1v) is 16.7. The number of nitrogens with one attached hydrogen (secondary N) is 1. The maximum Gasteiger partial charge on any atom is 0.248 e. The van der Waals surface area contributed by atoms with Gasteiger partial charge in [-0.1, -0.05) is 38.1 Å². The molecule has 2 fully saturated rings. The van der Waals surface area contributed by atoms with E-state index in [4.69, 9.17) is 10.5 Å². The van der Waals surface area contributed by atoms with E-state index < -0.39 is 18.2 Å². The van der Waals surface area contributed by atoms with Crippen LogP contribution < -0.4 is 15.8 Å². The standard InChI is InChI=1S/C34H41N7O4S/c1-19(2)31(41-16-25(15-38-41)24-9-10-36-30(11-24)45-28-12-26(35)13-28)34(44)40-17-27(42)14-29(40)33(43)39-20(3)22-5-7-23(8-6-22)32-21(4)37-18-46-32/h5-11,15-16,18-20,26-29,31,42H,12-14,17,35H2,1-4H3,(H,39,43)/t20-,26?,27+,28?,29-,31?/m0/s1. The number of aryl methyl sites for hydroxylation is 1. The van der Waals surface area contributed by atoms with Gasteiger partial charge in [0.05, 0.1) is 34.4 Å². The Labute approximate surface area is 272 Å². The molecule has 2 aliphatic rings. The molecule has 6 rings (SSSR count). The minimum atomic E-state index is -0.793. The second kappa shape index (κ2) is 13.3. The maximum absolute atomic E-state index is 14.1. The molecule has 0 spiro atoms. The first kappa shape index (κ1) is 31.8. The molecule has 1 aliphatic carbocycles. The lowest BCUT2D eigenvalue weighted by Gasteiger charge is -2.32. The molecule has 4 aromatic rings. The van der Waals surface area contributed by atoms with Crippen LogP contribution in [0.1, 0.15) is 63.4 Å². The van der Waals surface area contributed by atoms with Gasteiger partial charge in [-0.2, -0.15) is 5.10 Å². The Morgan fingerprint density at radius 1 is 1.07 bits per heavy atom. The van der Waals surface area contributed by atoms with Crippen LogP contribution in [-0.2, 0) is 9.59 Å². The van der Waals surface area contributed by atoms with E-state index in [2.05, 4.69) is 20.4 Å². The Kier molecular flexibility index (Phi) is 9.21. The molecule has 12 heteroatoms. The molecule has 4 atom stereocenters. The number of aliphatic hydroxyl groups excluding tert-OH is 1. The number of benzene rings is 1. The number of nitrogens with two attached hydrogens (primary N) is 1.